The van der Waals surface area contributed by atoms with Gasteiger partial charge in [0, 0.05) is 59.7 Å². The van der Waals surface area contributed by atoms with Crippen LogP contribution in [0.4, 0.5) is 0 Å². The molecule has 0 aromatic carbocycles. The third-order valence-corrected chi connectivity index (χ3v) is 15.1. The number of methoxy groups -OCH3 is 1. The van der Waals surface area contributed by atoms with E-state index in [4.69, 9.17) is 23.7 Å². The Morgan fingerprint density at radius 2 is 1.06 bits per heavy atom. The molecule has 428 valence electrons. The first-order valence-corrected chi connectivity index (χ1v) is 30.5. The van der Waals surface area contributed by atoms with Crippen molar-refractivity contribution in [1.29, 1.82) is 0 Å². The second kappa shape index (κ2) is 41.9. The van der Waals surface area contributed by atoms with Crippen molar-refractivity contribution in [3.8, 4) is 0 Å². The van der Waals surface area contributed by atoms with Crippen molar-refractivity contribution in [2.45, 2.75) is 268 Å². The summed E-state index contributed by atoms with van der Waals surface area (Å²) in [6.45, 7) is 64.7. The van der Waals surface area contributed by atoms with Gasteiger partial charge in [-0.3, -0.25) is 0 Å². The zero-order chi connectivity index (χ0) is 55.6. The highest BCUT2D eigenvalue weighted by atomic mass is 32.2. The Bertz CT molecular complexity index is 1240. The number of hydrogen-bond donors (Lipinski definition) is 0. The topological polar surface area (TPSA) is 86.8 Å². The minimum Gasteiger partial charge on any atom is -0.384 e. The van der Waals surface area contributed by atoms with Crippen molar-refractivity contribution >= 4 is 10.0 Å². The number of rotatable bonds is 20. The summed E-state index contributed by atoms with van der Waals surface area (Å²) >= 11 is 0. The van der Waals surface area contributed by atoms with Crippen molar-refractivity contribution in [2.75, 3.05) is 65.4 Å². The number of nitrogens with zero attached hydrogens (tertiary/aromatic N) is 2. The molecule has 1 aliphatic heterocycles. The Hall–Kier alpha value is -0.330. The van der Waals surface area contributed by atoms with Gasteiger partial charge in [0.2, 0.25) is 10.0 Å². The second-order valence-corrected chi connectivity index (χ2v) is 27.1. The normalized spacial score (nSPS) is 17.6. The van der Waals surface area contributed by atoms with Crippen molar-refractivity contribution in [3.05, 3.63) is 0 Å². The van der Waals surface area contributed by atoms with E-state index in [-0.39, 0.29) is 17.0 Å². The molecule has 3 saturated carbocycles. The van der Waals surface area contributed by atoms with Gasteiger partial charge in [0.25, 0.3) is 0 Å². The van der Waals surface area contributed by atoms with E-state index in [1.807, 2.05) is 6.92 Å². The summed E-state index contributed by atoms with van der Waals surface area (Å²) in [6, 6.07) is 0. The van der Waals surface area contributed by atoms with E-state index >= 15 is 0 Å². The molecule has 1 saturated heterocycles. The van der Waals surface area contributed by atoms with Gasteiger partial charge in [-0.15, -0.1) is 0 Å². The van der Waals surface area contributed by atoms with E-state index in [9.17, 15) is 8.42 Å². The molecule has 0 N–H and O–H groups in total. The summed E-state index contributed by atoms with van der Waals surface area (Å²) in [5.74, 6) is 8.23. The fraction of sp³-hybridized carbons (Fsp3) is 1.00. The quantitative estimate of drug-likeness (QED) is 0.119. The molecule has 9 nitrogen and oxygen atoms in total. The first kappa shape index (κ1) is 76.2. The van der Waals surface area contributed by atoms with Crippen LogP contribution in [-0.4, -0.2) is 119 Å². The maximum atomic E-state index is 11.6. The molecule has 0 radical (unpaired) electrons. The predicted octanol–water partition coefficient (Wildman–Crippen LogP) is 16.0. The van der Waals surface area contributed by atoms with Gasteiger partial charge in [-0.25, -0.2) is 8.42 Å². The SMILES string of the molecule is CC(C)C1CC1.CC(C)C1CCC1.CC(C)COC(C)C.CC(C)OC(C)C(C)C.CC(C)OC1(C(C)C)CC1.CCOC(C)(C)C(C)C.CCS(=O)(=O)N1CCN(CC(C)C)CC1.COCC(C)C. The van der Waals surface area contributed by atoms with Crippen LogP contribution in [0.5, 0.6) is 0 Å². The molecule has 0 bridgehead atoms. The molecule has 3 aliphatic carbocycles. The van der Waals surface area contributed by atoms with Crippen LogP contribution in [0.1, 0.15) is 232 Å². The van der Waals surface area contributed by atoms with E-state index in [0.29, 0.717) is 73.0 Å². The molecule has 0 aromatic heterocycles. The average molecular weight is 1020 g/mol. The van der Waals surface area contributed by atoms with Crippen LogP contribution in [0, 0.1) is 59.2 Å². The highest BCUT2D eigenvalue weighted by molar-refractivity contribution is 7.89. The lowest BCUT2D eigenvalue weighted by molar-refractivity contribution is -0.0437. The van der Waals surface area contributed by atoms with Crippen LogP contribution in [0.2, 0.25) is 0 Å². The predicted molar refractivity (Wildman–Crippen MR) is 309 cm³/mol. The van der Waals surface area contributed by atoms with E-state index in [1.54, 1.807) is 18.3 Å². The average Bonchev–Trinajstić information content (AvgIpc) is 4.14. The number of hydrogen-bond acceptors (Lipinski definition) is 8. The number of sulfonamides is 1. The molecular formula is C60H130N2O7S. The van der Waals surface area contributed by atoms with Crippen molar-refractivity contribution in [2.24, 2.45) is 59.2 Å². The van der Waals surface area contributed by atoms with Crippen LogP contribution in [0.25, 0.3) is 0 Å². The van der Waals surface area contributed by atoms with Crippen molar-refractivity contribution in [3.63, 3.8) is 0 Å². The first-order valence-electron chi connectivity index (χ1n) is 28.8. The van der Waals surface area contributed by atoms with E-state index in [2.05, 4.69) is 178 Å². The molecule has 4 rings (SSSR count). The maximum Gasteiger partial charge on any atom is 0.213 e. The second-order valence-electron chi connectivity index (χ2n) is 24.8. The minimum absolute atomic E-state index is 0.0503. The van der Waals surface area contributed by atoms with Crippen LogP contribution in [-0.2, 0) is 33.7 Å². The van der Waals surface area contributed by atoms with Gasteiger partial charge in [-0.2, -0.15) is 4.31 Å². The molecule has 4 fully saturated rings. The van der Waals surface area contributed by atoms with Gasteiger partial charge in [-0.05, 0) is 161 Å². The first-order chi connectivity index (χ1) is 32.1. The third kappa shape index (κ3) is 45.1. The zero-order valence-electron chi connectivity index (χ0n) is 52.6. The van der Waals surface area contributed by atoms with Crippen LogP contribution in [0.15, 0.2) is 0 Å². The van der Waals surface area contributed by atoms with E-state index < -0.39 is 10.0 Å². The summed E-state index contributed by atoms with van der Waals surface area (Å²) in [5.41, 5.74) is 0.322. The Labute approximate surface area is 441 Å². The van der Waals surface area contributed by atoms with Gasteiger partial charge in [0.1, 0.15) is 0 Å². The summed E-state index contributed by atoms with van der Waals surface area (Å²) in [5, 5.41) is 0. The molecular weight excluding hydrogens is 893 g/mol. The fourth-order valence-corrected chi connectivity index (χ4v) is 8.11. The smallest absolute Gasteiger partial charge is 0.213 e. The highest BCUT2D eigenvalue weighted by Gasteiger charge is 2.47. The molecule has 1 heterocycles. The van der Waals surface area contributed by atoms with Gasteiger partial charge in [-0.1, -0.05) is 130 Å². The number of ether oxygens (including phenoxy) is 5. The maximum absolute atomic E-state index is 11.6. The van der Waals surface area contributed by atoms with Crippen LogP contribution >= 0.6 is 0 Å². The van der Waals surface area contributed by atoms with Crippen molar-refractivity contribution in [1.82, 2.24) is 9.21 Å². The van der Waals surface area contributed by atoms with E-state index in [1.165, 1.54) is 44.9 Å². The van der Waals surface area contributed by atoms with Gasteiger partial charge in [0.15, 0.2) is 0 Å². The van der Waals surface area contributed by atoms with Gasteiger partial charge < -0.3 is 28.6 Å². The highest BCUT2D eigenvalue weighted by Crippen LogP contribution is 2.46. The molecule has 1 unspecified atom stereocenters. The van der Waals surface area contributed by atoms with Crippen molar-refractivity contribution < 1.29 is 32.1 Å². The Kier molecular flexibility index (Phi) is 45.6. The molecule has 1 atom stereocenters. The summed E-state index contributed by atoms with van der Waals surface area (Å²) in [7, 11) is -1.24. The summed E-state index contributed by atoms with van der Waals surface area (Å²) in [6.07, 6.45) is 11.5. The van der Waals surface area contributed by atoms with Crippen LogP contribution < -0.4 is 0 Å². The molecule has 0 spiro atoms. The minimum atomic E-state index is -2.97. The zero-order valence-corrected chi connectivity index (χ0v) is 53.4. The van der Waals surface area contributed by atoms with Gasteiger partial charge >= 0.3 is 0 Å². The summed E-state index contributed by atoms with van der Waals surface area (Å²) < 4.78 is 51.7. The largest absolute Gasteiger partial charge is 0.384 e. The number of piperazine rings is 1. The third-order valence-electron chi connectivity index (χ3n) is 13.2. The lowest BCUT2D eigenvalue weighted by atomic mass is 9.78. The van der Waals surface area contributed by atoms with Crippen LogP contribution in [0.3, 0.4) is 0 Å². The molecule has 0 amide bonds. The monoisotopic (exact) mass is 1020 g/mol. The molecule has 0 aromatic rings. The van der Waals surface area contributed by atoms with E-state index in [0.717, 1.165) is 63.1 Å². The molecule has 10 heteroatoms. The lowest BCUT2D eigenvalue weighted by Gasteiger charge is -2.34. The Morgan fingerprint density at radius 1 is 0.600 bits per heavy atom. The Morgan fingerprint density at radius 3 is 1.20 bits per heavy atom. The molecule has 70 heavy (non-hydrogen) atoms. The fourth-order valence-electron chi connectivity index (χ4n) is 7.03. The van der Waals surface area contributed by atoms with Gasteiger partial charge in [0.05, 0.1) is 41.4 Å². The summed E-state index contributed by atoms with van der Waals surface area (Å²) in [4.78, 5) is 2.34. The Balaban J connectivity index is -0.000000362. The lowest BCUT2D eigenvalue weighted by Crippen LogP contribution is -2.49. The standard InChI is InChI=1S/C10H22N2O2S.C9H18O.2C8H18O.C7H16O.C7H14.C6H12.C5H12O/c1-4-15(13,14)12-7-5-11(6-8-12)9-10(2)3;1-7(2)9(5-6-9)10-8(3)4;1-6-9-8(4,5)7(2)3;1-6(2)8(5)9-7(3)4;1-6(2)5-8-7(3)4;1-6(2)7-4-3-5-7;1-5(2)6-3-4-6;1-5(2)4-6-3/h10H,4-9H2,1-3H3;7-8H,5-6H2,1-4H3;7H,6H2,1-5H3;6-8H,1-5H3;6-7H,5H2,1-4H3;6-7H,3-5H2,1-2H3;5-6H,3-4H2,1-2H3;5H,4H2,1-3H3. The molecule has 4 aliphatic rings.